The first-order chi connectivity index (χ1) is 9.94. The van der Waals surface area contributed by atoms with E-state index in [1.54, 1.807) is 12.4 Å². The lowest BCUT2D eigenvalue weighted by molar-refractivity contribution is -0.121. The third kappa shape index (κ3) is 5.30. The third-order valence-electron chi connectivity index (χ3n) is 3.40. The molecule has 1 atom stereocenters. The van der Waals surface area contributed by atoms with Gasteiger partial charge in [-0.25, -0.2) is 9.97 Å². The van der Waals surface area contributed by atoms with Crippen LogP contribution in [0.15, 0.2) is 18.5 Å². The molecule has 1 fully saturated rings. The number of hydrogen-bond donors (Lipinski definition) is 2. The van der Waals surface area contributed by atoms with Crippen molar-refractivity contribution in [1.82, 2.24) is 20.6 Å². The molecule has 1 amide bonds. The molecule has 0 radical (unpaired) electrons. The Morgan fingerprint density at radius 1 is 1.38 bits per heavy atom. The van der Waals surface area contributed by atoms with Gasteiger partial charge < -0.3 is 15.5 Å². The van der Waals surface area contributed by atoms with Crippen LogP contribution in [0.2, 0.25) is 0 Å². The van der Waals surface area contributed by atoms with Crippen molar-refractivity contribution in [3.8, 4) is 0 Å². The van der Waals surface area contributed by atoms with Gasteiger partial charge in [0.15, 0.2) is 0 Å². The molecule has 1 unspecified atom stereocenters. The Morgan fingerprint density at radius 3 is 2.76 bits per heavy atom. The highest BCUT2D eigenvalue weighted by atomic mass is 16.2. The lowest BCUT2D eigenvalue weighted by Crippen LogP contribution is -2.51. The highest BCUT2D eigenvalue weighted by Crippen LogP contribution is 2.15. The molecule has 6 nitrogen and oxygen atoms in total. The number of carbonyl (C=O) groups excluding carboxylic acids is 1. The van der Waals surface area contributed by atoms with Gasteiger partial charge in [-0.1, -0.05) is 0 Å². The summed E-state index contributed by atoms with van der Waals surface area (Å²) in [5.41, 5.74) is -0.0478. The van der Waals surface area contributed by atoms with Crippen LogP contribution in [0.25, 0.3) is 0 Å². The van der Waals surface area contributed by atoms with Gasteiger partial charge in [-0.3, -0.25) is 4.79 Å². The van der Waals surface area contributed by atoms with E-state index in [1.807, 2.05) is 6.07 Å². The van der Waals surface area contributed by atoms with E-state index in [4.69, 9.17) is 0 Å². The van der Waals surface area contributed by atoms with E-state index in [2.05, 4.69) is 46.3 Å². The van der Waals surface area contributed by atoms with Gasteiger partial charge >= 0.3 is 0 Å². The molecule has 6 heteroatoms. The molecule has 1 aliphatic heterocycles. The van der Waals surface area contributed by atoms with Crippen molar-refractivity contribution < 1.29 is 4.79 Å². The third-order valence-corrected chi connectivity index (χ3v) is 3.40. The Labute approximate surface area is 126 Å². The van der Waals surface area contributed by atoms with Gasteiger partial charge in [0.1, 0.15) is 0 Å². The van der Waals surface area contributed by atoms with Crippen LogP contribution in [-0.4, -0.2) is 47.1 Å². The maximum atomic E-state index is 12.0. The summed E-state index contributed by atoms with van der Waals surface area (Å²) in [6.45, 7) is 8.21. The Hall–Kier alpha value is -1.69. The number of piperidine rings is 1. The van der Waals surface area contributed by atoms with E-state index in [1.165, 1.54) is 0 Å². The van der Waals surface area contributed by atoms with E-state index in [9.17, 15) is 4.79 Å². The van der Waals surface area contributed by atoms with Crippen LogP contribution in [0.3, 0.4) is 0 Å². The normalized spacial score (nSPS) is 19.4. The van der Waals surface area contributed by atoms with Crippen LogP contribution in [0.4, 0.5) is 5.95 Å². The zero-order valence-electron chi connectivity index (χ0n) is 13.1. The summed E-state index contributed by atoms with van der Waals surface area (Å²) in [6.07, 6.45) is 5.54. The highest BCUT2D eigenvalue weighted by molar-refractivity contribution is 5.78. The summed E-state index contributed by atoms with van der Waals surface area (Å²) >= 11 is 0. The summed E-state index contributed by atoms with van der Waals surface area (Å²) in [5, 5.41) is 6.30. The fourth-order valence-electron chi connectivity index (χ4n) is 2.36. The van der Waals surface area contributed by atoms with Crippen molar-refractivity contribution in [2.45, 2.75) is 45.2 Å². The van der Waals surface area contributed by atoms with Gasteiger partial charge in [0, 0.05) is 37.1 Å². The first kappa shape index (κ1) is 15.7. The highest BCUT2D eigenvalue weighted by Gasteiger charge is 2.23. The lowest BCUT2D eigenvalue weighted by Gasteiger charge is -2.33. The molecule has 0 bridgehead atoms. The zero-order chi connectivity index (χ0) is 15.3. The van der Waals surface area contributed by atoms with Crippen LogP contribution in [0, 0.1) is 0 Å². The van der Waals surface area contributed by atoms with Crippen LogP contribution in [0.1, 0.15) is 33.6 Å². The molecular formula is C15H25N5O. The first-order valence-corrected chi connectivity index (χ1v) is 7.50. The maximum Gasteiger partial charge on any atom is 0.234 e. The van der Waals surface area contributed by atoms with Crippen molar-refractivity contribution in [1.29, 1.82) is 0 Å². The van der Waals surface area contributed by atoms with Crippen molar-refractivity contribution in [3.63, 3.8) is 0 Å². The van der Waals surface area contributed by atoms with Gasteiger partial charge in [0.25, 0.3) is 0 Å². The summed E-state index contributed by atoms with van der Waals surface area (Å²) in [4.78, 5) is 22.7. The molecule has 0 saturated carbocycles. The predicted octanol–water partition coefficient (Wildman–Crippen LogP) is 0.950. The monoisotopic (exact) mass is 291 g/mol. The summed E-state index contributed by atoms with van der Waals surface area (Å²) in [7, 11) is 0. The second-order valence-electron chi connectivity index (χ2n) is 6.51. The molecule has 0 aliphatic carbocycles. The minimum atomic E-state index is -0.0478. The second-order valence-corrected chi connectivity index (χ2v) is 6.51. The standard InChI is InChI=1S/C15H25N5O/c1-15(2,3)18-10-13(21)19-12-6-4-9-20(11-12)14-16-7-5-8-17-14/h5,7-8,12,18H,4,6,9-11H2,1-3H3,(H,19,21). The molecule has 116 valence electrons. The zero-order valence-corrected chi connectivity index (χ0v) is 13.1. The number of rotatable bonds is 4. The number of amides is 1. The minimum Gasteiger partial charge on any atom is -0.350 e. The number of carbonyl (C=O) groups is 1. The number of anilines is 1. The van der Waals surface area contributed by atoms with E-state index < -0.39 is 0 Å². The van der Waals surface area contributed by atoms with E-state index in [0.29, 0.717) is 6.54 Å². The quantitative estimate of drug-likeness (QED) is 0.864. The van der Waals surface area contributed by atoms with Crippen molar-refractivity contribution in [3.05, 3.63) is 18.5 Å². The van der Waals surface area contributed by atoms with E-state index in [0.717, 1.165) is 31.9 Å². The number of nitrogens with one attached hydrogen (secondary N) is 2. The molecule has 0 aromatic carbocycles. The summed E-state index contributed by atoms with van der Waals surface area (Å²) < 4.78 is 0. The van der Waals surface area contributed by atoms with E-state index in [-0.39, 0.29) is 17.5 Å². The molecule has 1 saturated heterocycles. The Morgan fingerprint density at radius 2 is 2.10 bits per heavy atom. The smallest absolute Gasteiger partial charge is 0.234 e. The summed E-state index contributed by atoms with van der Waals surface area (Å²) in [6, 6.07) is 1.97. The van der Waals surface area contributed by atoms with Crippen LogP contribution < -0.4 is 15.5 Å². The minimum absolute atomic E-state index is 0.0470. The lowest BCUT2D eigenvalue weighted by atomic mass is 10.1. The van der Waals surface area contributed by atoms with Gasteiger partial charge in [-0.2, -0.15) is 0 Å². The fraction of sp³-hybridized carbons (Fsp3) is 0.667. The Balaban J connectivity index is 1.83. The van der Waals surface area contributed by atoms with Gasteiger partial charge in [-0.15, -0.1) is 0 Å². The first-order valence-electron chi connectivity index (χ1n) is 7.50. The molecule has 2 heterocycles. The molecular weight excluding hydrogens is 266 g/mol. The average molecular weight is 291 g/mol. The van der Waals surface area contributed by atoms with Gasteiger partial charge in [0.2, 0.25) is 11.9 Å². The predicted molar refractivity (Wildman–Crippen MR) is 83.2 cm³/mol. The fourth-order valence-corrected chi connectivity index (χ4v) is 2.36. The van der Waals surface area contributed by atoms with Crippen molar-refractivity contribution in [2.75, 3.05) is 24.5 Å². The second kappa shape index (κ2) is 6.85. The average Bonchev–Trinajstić information content (AvgIpc) is 2.46. The topological polar surface area (TPSA) is 70.2 Å². The van der Waals surface area contributed by atoms with Crippen LogP contribution in [0.5, 0.6) is 0 Å². The number of nitrogens with zero attached hydrogens (tertiary/aromatic N) is 3. The molecule has 0 spiro atoms. The molecule has 2 N–H and O–H groups in total. The Bertz CT molecular complexity index is 457. The van der Waals surface area contributed by atoms with Crippen molar-refractivity contribution >= 4 is 11.9 Å². The van der Waals surface area contributed by atoms with Crippen molar-refractivity contribution in [2.24, 2.45) is 0 Å². The molecule has 1 aromatic heterocycles. The molecule has 21 heavy (non-hydrogen) atoms. The number of hydrogen-bond acceptors (Lipinski definition) is 5. The molecule has 2 rings (SSSR count). The Kier molecular flexibility index (Phi) is 5.12. The van der Waals surface area contributed by atoms with Crippen LogP contribution in [-0.2, 0) is 4.79 Å². The molecule has 1 aliphatic rings. The number of aromatic nitrogens is 2. The van der Waals surface area contributed by atoms with Gasteiger partial charge in [-0.05, 0) is 39.7 Å². The summed E-state index contributed by atoms with van der Waals surface area (Å²) in [5.74, 6) is 0.787. The SMILES string of the molecule is CC(C)(C)NCC(=O)NC1CCCN(c2ncccn2)C1. The van der Waals surface area contributed by atoms with Gasteiger partial charge in [0.05, 0.1) is 6.54 Å². The largest absolute Gasteiger partial charge is 0.350 e. The molecule has 1 aromatic rings. The maximum absolute atomic E-state index is 12.0. The van der Waals surface area contributed by atoms with Crippen LogP contribution >= 0.6 is 0 Å². The van der Waals surface area contributed by atoms with E-state index >= 15 is 0 Å².